The van der Waals surface area contributed by atoms with Crippen molar-refractivity contribution in [1.82, 2.24) is 24.8 Å². The second-order valence-electron chi connectivity index (χ2n) is 10.4. The Hall–Kier alpha value is -4.58. The number of fused-ring (bicyclic) bond motifs is 1. The molecule has 43 heavy (non-hydrogen) atoms. The normalized spacial score (nSPS) is 16.0. The first-order valence-electron chi connectivity index (χ1n) is 14.0. The van der Waals surface area contributed by atoms with Crippen molar-refractivity contribution in [2.45, 2.75) is 18.9 Å². The Balaban J connectivity index is 1.37. The molecule has 0 saturated carbocycles. The van der Waals surface area contributed by atoms with Crippen LogP contribution in [0.3, 0.4) is 0 Å². The maximum Gasteiger partial charge on any atom is 0.246 e. The largest absolute Gasteiger partial charge is 0.507 e. The van der Waals surface area contributed by atoms with Gasteiger partial charge in [0, 0.05) is 68.7 Å². The third kappa shape index (κ3) is 5.62. The van der Waals surface area contributed by atoms with E-state index in [1.807, 2.05) is 4.90 Å². The second-order valence-corrected chi connectivity index (χ2v) is 10.8. The number of aromatic nitrogens is 4. The van der Waals surface area contributed by atoms with Crippen molar-refractivity contribution in [2.24, 2.45) is 0 Å². The van der Waals surface area contributed by atoms with Crippen molar-refractivity contribution >= 4 is 46.1 Å². The van der Waals surface area contributed by atoms with Crippen LogP contribution in [0.1, 0.15) is 12.8 Å². The van der Waals surface area contributed by atoms with Crippen LogP contribution in [-0.2, 0) is 4.79 Å². The van der Waals surface area contributed by atoms with Crippen molar-refractivity contribution in [3.8, 4) is 16.9 Å². The number of amides is 1. The SMILES string of the molecule is C=CC(=O)N1CCN(c2nc(NC3CCN(c4ncccn4)CC3)nc3c(F)c(-c4c(O)cccc4F)c(Cl)cc23)CC1. The third-order valence-corrected chi connectivity index (χ3v) is 8.13. The van der Waals surface area contributed by atoms with Gasteiger partial charge in [0.15, 0.2) is 5.82 Å². The molecule has 4 aromatic rings. The highest BCUT2D eigenvalue weighted by atomic mass is 35.5. The topological polar surface area (TPSA) is 111 Å². The number of carbonyl (C=O) groups excluding carboxylic acids is 1. The number of nitrogens with one attached hydrogen (secondary N) is 1. The zero-order chi connectivity index (χ0) is 30.1. The molecule has 0 spiro atoms. The van der Waals surface area contributed by atoms with E-state index in [9.17, 15) is 14.3 Å². The summed E-state index contributed by atoms with van der Waals surface area (Å²) in [5.74, 6) is -0.960. The van der Waals surface area contributed by atoms with Crippen LogP contribution in [0.15, 0.2) is 55.4 Å². The molecule has 0 radical (unpaired) electrons. The maximum absolute atomic E-state index is 16.4. The monoisotopic (exact) mass is 606 g/mol. The molecule has 2 aliphatic heterocycles. The first-order chi connectivity index (χ1) is 20.8. The van der Waals surface area contributed by atoms with E-state index in [1.165, 1.54) is 24.3 Å². The molecule has 0 aliphatic carbocycles. The van der Waals surface area contributed by atoms with Crippen molar-refractivity contribution in [3.05, 3.63) is 72.0 Å². The zero-order valence-corrected chi connectivity index (χ0v) is 23.9. The van der Waals surface area contributed by atoms with Crippen molar-refractivity contribution in [2.75, 3.05) is 54.4 Å². The fourth-order valence-corrected chi connectivity index (χ4v) is 5.89. The van der Waals surface area contributed by atoms with Crippen LogP contribution in [0, 0.1) is 11.6 Å². The van der Waals surface area contributed by atoms with E-state index in [0.29, 0.717) is 56.4 Å². The second kappa shape index (κ2) is 12.0. The Kier molecular flexibility index (Phi) is 7.94. The predicted octanol–water partition coefficient (Wildman–Crippen LogP) is 4.64. The minimum absolute atomic E-state index is 0.00207. The van der Waals surface area contributed by atoms with Crippen molar-refractivity contribution in [1.29, 1.82) is 0 Å². The number of aromatic hydroxyl groups is 1. The highest BCUT2D eigenvalue weighted by Crippen LogP contribution is 2.42. The summed E-state index contributed by atoms with van der Waals surface area (Å²) in [7, 11) is 0. The van der Waals surface area contributed by atoms with Crippen LogP contribution in [0.2, 0.25) is 5.02 Å². The minimum atomic E-state index is -0.869. The molecule has 2 aromatic carbocycles. The summed E-state index contributed by atoms with van der Waals surface area (Å²) < 4.78 is 31.2. The lowest BCUT2D eigenvalue weighted by Gasteiger charge is -2.36. The summed E-state index contributed by atoms with van der Waals surface area (Å²) in [6.07, 6.45) is 6.19. The number of phenolic OH excluding ortho intramolecular Hbond substituents is 1. The number of anilines is 3. The first-order valence-corrected chi connectivity index (χ1v) is 14.3. The molecule has 13 heteroatoms. The third-order valence-electron chi connectivity index (χ3n) is 7.83. The van der Waals surface area contributed by atoms with E-state index in [-0.39, 0.29) is 39.6 Å². The van der Waals surface area contributed by atoms with Gasteiger partial charge < -0.3 is 25.1 Å². The number of nitrogens with zero attached hydrogens (tertiary/aromatic N) is 7. The van der Waals surface area contributed by atoms with Gasteiger partial charge in [0.2, 0.25) is 17.8 Å². The highest BCUT2D eigenvalue weighted by Gasteiger charge is 2.28. The van der Waals surface area contributed by atoms with E-state index in [4.69, 9.17) is 16.6 Å². The molecule has 0 bridgehead atoms. The average molecular weight is 607 g/mol. The molecule has 0 unspecified atom stereocenters. The van der Waals surface area contributed by atoms with E-state index >= 15 is 4.39 Å². The van der Waals surface area contributed by atoms with Crippen LogP contribution in [0.4, 0.5) is 26.5 Å². The van der Waals surface area contributed by atoms with Crippen LogP contribution in [-0.4, -0.2) is 81.2 Å². The Morgan fingerprint density at radius 2 is 1.72 bits per heavy atom. The first kappa shape index (κ1) is 28.5. The van der Waals surface area contributed by atoms with E-state index in [2.05, 4.69) is 31.7 Å². The lowest BCUT2D eigenvalue weighted by atomic mass is 10.0. The number of rotatable bonds is 6. The van der Waals surface area contributed by atoms with Gasteiger partial charge in [-0.1, -0.05) is 24.2 Å². The molecule has 6 rings (SSSR count). The molecule has 222 valence electrons. The Bertz CT molecular complexity index is 1660. The number of piperazine rings is 1. The van der Waals surface area contributed by atoms with Gasteiger partial charge in [0.05, 0.1) is 10.6 Å². The van der Waals surface area contributed by atoms with Crippen molar-refractivity contribution < 1.29 is 18.7 Å². The molecule has 2 aromatic heterocycles. The van der Waals surface area contributed by atoms with Gasteiger partial charge in [-0.05, 0) is 43.2 Å². The summed E-state index contributed by atoms with van der Waals surface area (Å²) in [6.45, 7) is 6.72. The van der Waals surface area contributed by atoms with Crippen molar-refractivity contribution in [3.63, 3.8) is 0 Å². The van der Waals surface area contributed by atoms with Crippen LogP contribution < -0.4 is 15.1 Å². The fourth-order valence-electron chi connectivity index (χ4n) is 5.60. The lowest BCUT2D eigenvalue weighted by Crippen LogP contribution is -2.48. The lowest BCUT2D eigenvalue weighted by molar-refractivity contribution is -0.126. The Labute approximate surface area is 251 Å². The van der Waals surface area contributed by atoms with Gasteiger partial charge >= 0.3 is 0 Å². The molecule has 2 aliphatic rings. The van der Waals surface area contributed by atoms with E-state index in [1.54, 1.807) is 23.4 Å². The van der Waals surface area contributed by atoms with Gasteiger partial charge in [0.1, 0.15) is 22.9 Å². The summed E-state index contributed by atoms with van der Waals surface area (Å²) >= 11 is 6.55. The molecule has 2 saturated heterocycles. The maximum atomic E-state index is 16.4. The highest BCUT2D eigenvalue weighted by molar-refractivity contribution is 6.34. The predicted molar refractivity (Wildman–Crippen MR) is 161 cm³/mol. The van der Waals surface area contributed by atoms with Gasteiger partial charge in [0.25, 0.3) is 0 Å². The number of benzene rings is 2. The molecular weight excluding hydrogens is 578 g/mol. The summed E-state index contributed by atoms with van der Waals surface area (Å²) in [5.41, 5.74) is -0.680. The standard InChI is InChI=1S/C30H29ClF2N8O2/c1-2-23(43)39-13-15-40(16-14-39)28-19-17-20(31)24(25-21(32)5-3-6-22(25)42)26(33)27(19)37-29(38-28)36-18-7-11-41(12-8-18)30-34-9-4-10-35-30/h2-6,9-10,17-18,42H,1,7-8,11-16H2,(H,36,37,38). The van der Waals surface area contributed by atoms with Crippen LogP contribution in [0.5, 0.6) is 5.75 Å². The zero-order valence-electron chi connectivity index (χ0n) is 23.2. The van der Waals surface area contributed by atoms with E-state index in [0.717, 1.165) is 18.9 Å². The van der Waals surface area contributed by atoms with Gasteiger partial charge in [-0.25, -0.2) is 23.7 Å². The Morgan fingerprint density at radius 3 is 2.40 bits per heavy atom. The number of halogens is 3. The Morgan fingerprint density at radius 1 is 1.00 bits per heavy atom. The molecule has 4 heterocycles. The fraction of sp³-hybridized carbons (Fsp3) is 0.300. The number of phenols is 1. The number of hydrogen-bond donors (Lipinski definition) is 2. The molecule has 10 nitrogen and oxygen atoms in total. The summed E-state index contributed by atoms with van der Waals surface area (Å²) in [4.78, 5) is 35.9. The minimum Gasteiger partial charge on any atom is -0.507 e. The number of piperidine rings is 1. The molecule has 0 atom stereocenters. The van der Waals surface area contributed by atoms with Gasteiger partial charge in [-0.3, -0.25) is 4.79 Å². The molecule has 1 amide bonds. The van der Waals surface area contributed by atoms with Gasteiger partial charge in [-0.15, -0.1) is 0 Å². The quantitative estimate of drug-likeness (QED) is 0.303. The molecule has 2 N–H and O–H groups in total. The molecular formula is C30H29ClF2N8O2. The summed E-state index contributed by atoms with van der Waals surface area (Å²) in [5, 5.41) is 14.0. The van der Waals surface area contributed by atoms with Gasteiger partial charge in [-0.2, -0.15) is 4.98 Å². The number of hydrogen-bond acceptors (Lipinski definition) is 9. The van der Waals surface area contributed by atoms with Crippen LogP contribution >= 0.6 is 11.6 Å². The average Bonchev–Trinajstić information content (AvgIpc) is 3.03. The van der Waals surface area contributed by atoms with Crippen LogP contribution in [0.25, 0.3) is 22.0 Å². The smallest absolute Gasteiger partial charge is 0.246 e. The molecule has 2 fully saturated rings. The van der Waals surface area contributed by atoms with E-state index < -0.39 is 17.4 Å². The number of carbonyl (C=O) groups is 1. The summed E-state index contributed by atoms with van der Waals surface area (Å²) in [6, 6.07) is 7.00.